The zero-order valence-corrected chi connectivity index (χ0v) is 12.2. The van der Waals surface area contributed by atoms with Crippen LogP contribution in [0.5, 0.6) is 11.5 Å². The van der Waals surface area contributed by atoms with Crippen molar-refractivity contribution < 1.29 is 25.1 Å². The first-order chi connectivity index (χ1) is 9.60. The molecule has 0 spiro atoms. The SMILES string of the molecule is CCCCCOc1ccc([C@H]([NH3+])C(=O)[O-])cc1OCC. The molecule has 0 aliphatic heterocycles. The lowest BCUT2D eigenvalue weighted by molar-refractivity contribution is -0.443. The van der Waals surface area contributed by atoms with E-state index in [1.165, 1.54) is 0 Å². The lowest BCUT2D eigenvalue weighted by Crippen LogP contribution is -2.61. The third-order valence-electron chi connectivity index (χ3n) is 2.96. The molecule has 0 aromatic heterocycles. The maximum Gasteiger partial charge on any atom is 0.161 e. The minimum Gasteiger partial charge on any atom is -0.544 e. The van der Waals surface area contributed by atoms with Crippen LogP contribution in [0.15, 0.2) is 18.2 Å². The van der Waals surface area contributed by atoms with Gasteiger partial charge in [-0.25, -0.2) is 0 Å². The van der Waals surface area contributed by atoms with Crippen LogP contribution >= 0.6 is 0 Å². The summed E-state index contributed by atoms with van der Waals surface area (Å²) >= 11 is 0. The molecule has 0 bridgehead atoms. The number of rotatable bonds is 9. The second-order valence-electron chi connectivity index (χ2n) is 4.57. The molecule has 1 rings (SSSR count). The van der Waals surface area contributed by atoms with Crippen LogP contribution in [0.3, 0.4) is 0 Å². The molecule has 20 heavy (non-hydrogen) atoms. The number of carboxylic acid groups (broad SMARTS) is 1. The van der Waals surface area contributed by atoms with Gasteiger partial charge in [0.15, 0.2) is 17.5 Å². The predicted octanol–water partition coefficient (Wildman–Crippen LogP) is 0.687. The third kappa shape index (κ3) is 4.74. The Labute approximate surface area is 119 Å². The standard InChI is InChI=1S/C15H23NO4/c1-3-5-6-9-20-12-8-7-11(14(16)15(17)18)10-13(12)19-4-2/h7-8,10,14H,3-6,9,16H2,1-2H3,(H,17,18)/t14-/m0/s1. The number of carboxylic acids is 1. The molecule has 0 heterocycles. The molecule has 5 nitrogen and oxygen atoms in total. The van der Waals surface area contributed by atoms with Crippen molar-refractivity contribution in [2.24, 2.45) is 0 Å². The Morgan fingerprint density at radius 3 is 2.60 bits per heavy atom. The highest BCUT2D eigenvalue weighted by Crippen LogP contribution is 2.30. The number of benzene rings is 1. The van der Waals surface area contributed by atoms with Gasteiger partial charge in [-0.1, -0.05) is 19.8 Å². The van der Waals surface area contributed by atoms with Gasteiger partial charge in [0.1, 0.15) is 5.97 Å². The topological polar surface area (TPSA) is 86.2 Å². The molecule has 0 saturated carbocycles. The van der Waals surface area contributed by atoms with Crippen molar-refractivity contribution >= 4 is 5.97 Å². The van der Waals surface area contributed by atoms with E-state index in [-0.39, 0.29) is 0 Å². The monoisotopic (exact) mass is 281 g/mol. The first-order valence-corrected chi connectivity index (χ1v) is 7.03. The average Bonchev–Trinajstić information content (AvgIpc) is 2.44. The first-order valence-electron chi connectivity index (χ1n) is 7.03. The summed E-state index contributed by atoms with van der Waals surface area (Å²) in [7, 11) is 0. The van der Waals surface area contributed by atoms with Crippen LogP contribution in [0.2, 0.25) is 0 Å². The molecular formula is C15H23NO4. The molecule has 0 saturated heterocycles. The van der Waals surface area contributed by atoms with Crippen molar-refractivity contribution in [2.45, 2.75) is 39.2 Å². The number of carbonyl (C=O) groups excluding carboxylic acids is 1. The molecule has 1 atom stereocenters. The van der Waals surface area contributed by atoms with Gasteiger partial charge in [0, 0.05) is 5.56 Å². The molecule has 1 aromatic rings. The third-order valence-corrected chi connectivity index (χ3v) is 2.96. The minimum absolute atomic E-state index is 0.488. The summed E-state index contributed by atoms with van der Waals surface area (Å²) in [6.07, 6.45) is 3.24. The Hall–Kier alpha value is -1.75. The van der Waals surface area contributed by atoms with E-state index < -0.39 is 12.0 Å². The number of ether oxygens (including phenoxy) is 2. The fourth-order valence-electron chi connectivity index (χ4n) is 1.80. The largest absolute Gasteiger partial charge is 0.544 e. The van der Waals surface area contributed by atoms with Gasteiger partial charge < -0.3 is 25.1 Å². The van der Waals surface area contributed by atoms with E-state index in [0.29, 0.717) is 30.3 Å². The fourth-order valence-corrected chi connectivity index (χ4v) is 1.80. The molecule has 3 N–H and O–H groups in total. The highest BCUT2D eigenvalue weighted by Gasteiger charge is 2.14. The van der Waals surface area contributed by atoms with E-state index in [9.17, 15) is 9.90 Å². The van der Waals surface area contributed by atoms with Crippen LogP contribution in [0.1, 0.15) is 44.7 Å². The van der Waals surface area contributed by atoms with Gasteiger partial charge in [-0.05, 0) is 31.5 Å². The Bertz CT molecular complexity index is 434. The summed E-state index contributed by atoms with van der Waals surface area (Å²) in [6.45, 7) is 5.12. The molecule has 0 amide bonds. The number of hydrogen-bond acceptors (Lipinski definition) is 4. The molecule has 5 heteroatoms. The number of aliphatic carboxylic acids is 1. The molecule has 112 valence electrons. The van der Waals surface area contributed by atoms with Crippen molar-refractivity contribution in [1.29, 1.82) is 0 Å². The van der Waals surface area contributed by atoms with Crippen LogP contribution in [-0.2, 0) is 4.79 Å². The Balaban J connectivity index is 2.81. The second kappa shape index (κ2) is 8.43. The molecule has 0 unspecified atom stereocenters. The maximum absolute atomic E-state index is 10.9. The summed E-state index contributed by atoms with van der Waals surface area (Å²) in [4.78, 5) is 10.9. The molecule has 1 aromatic carbocycles. The molecule has 0 radical (unpaired) electrons. The Kier molecular flexibility index (Phi) is 6.87. The minimum atomic E-state index is -1.20. The lowest BCUT2D eigenvalue weighted by atomic mass is 10.1. The highest BCUT2D eigenvalue weighted by atomic mass is 16.5. The van der Waals surface area contributed by atoms with Gasteiger partial charge in [-0.3, -0.25) is 0 Å². The zero-order chi connectivity index (χ0) is 15.0. The van der Waals surface area contributed by atoms with Gasteiger partial charge in [0.2, 0.25) is 0 Å². The predicted molar refractivity (Wildman–Crippen MR) is 73.3 cm³/mol. The molecule has 0 aliphatic carbocycles. The summed E-state index contributed by atoms with van der Waals surface area (Å²) in [6, 6.07) is 4.16. The number of hydrogen-bond donors (Lipinski definition) is 1. The first kappa shape index (κ1) is 16.3. The second-order valence-corrected chi connectivity index (χ2v) is 4.57. The fraction of sp³-hybridized carbons (Fsp3) is 0.533. The maximum atomic E-state index is 10.9. The van der Waals surface area contributed by atoms with E-state index in [2.05, 4.69) is 12.7 Å². The van der Waals surface area contributed by atoms with E-state index in [1.807, 2.05) is 6.92 Å². The van der Waals surface area contributed by atoms with Crippen LogP contribution in [0.25, 0.3) is 0 Å². The normalized spacial score (nSPS) is 11.9. The highest BCUT2D eigenvalue weighted by molar-refractivity contribution is 5.72. The Morgan fingerprint density at radius 1 is 1.25 bits per heavy atom. The van der Waals surface area contributed by atoms with Crippen molar-refractivity contribution in [2.75, 3.05) is 13.2 Å². The average molecular weight is 281 g/mol. The van der Waals surface area contributed by atoms with Crippen LogP contribution in [0, 0.1) is 0 Å². The van der Waals surface area contributed by atoms with E-state index in [0.717, 1.165) is 19.3 Å². The van der Waals surface area contributed by atoms with Crippen molar-refractivity contribution in [3.8, 4) is 11.5 Å². The van der Waals surface area contributed by atoms with Crippen molar-refractivity contribution in [3.63, 3.8) is 0 Å². The summed E-state index contributed by atoms with van der Waals surface area (Å²) in [5.74, 6) is -0.0160. The Morgan fingerprint density at radius 2 is 2.00 bits per heavy atom. The lowest BCUT2D eigenvalue weighted by Gasteiger charge is -2.15. The van der Waals surface area contributed by atoms with Gasteiger partial charge >= 0.3 is 0 Å². The van der Waals surface area contributed by atoms with Crippen molar-refractivity contribution in [3.05, 3.63) is 23.8 Å². The van der Waals surface area contributed by atoms with Gasteiger partial charge in [-0.15, -0.1) is 0 Å². The summed E-state index contributed by atoms with van der Waals surface area (Å²) < 4.78 is 11.2. The van der Waals surface area contributed by atoms with Crippen molar-refractivity contribution in [1.82, 2.24) is 0 Å². The van der Waals surface area contributed by atoms with E-state index in [1.54, 1.807) is 18.2 Å². The number of quaternary nitrogens is 1. The smallest absolute Gasteiger partial charge is 0.161 e. The van der Waals surface area contributed by atoms with E-state index in [4.69, 9.17) is 9.47 Å². The van der Waals surface area contributed by atoms with Crippen LogP contribution < -0.4 is 20.3 Å². The quantitative estimate of drug-likeness (QED) is 0.675. The zero-order valence-electron chi connectivity index (χ0n) is 12.2. The van der Waals surface area contributed by atoms with Crippen LogP contribution in [0.4, 0.5) is 0 Å². The number of unbranched alkanes of at least 4 members (excludes halogenated alkanes) is 2. The van der Waals surface area contributed by atoms with Gasteiger partial charge in [0.05, 0.1) is 13.2 Å². The van der Waals surface area contributed by atoms with Gasteiger partial charge in [-0.2, -0.15) is 0 Å². The molecule has 0 aliphatic rings. The summed E-state index contributed by atoms with van der Waals surface area (Å²) in [5.41, 5.74) is 4.12. The van der Waals surface area contributed by atoms with Crippen LogP contribution in [-0.4, -0.2) is 19.2 Å². The van der Waals surface area contributed by atoms with E-state index >= 15 is 0 Å². The molecule has 0 fully saturated rings. The molecular weight excluding hydrogens is 258 g/mol. The summed E-state index contributed by atoms with van der Waals surface area (Å²) in [5, 5.41) is 10.9. The number of carbonyl (C=O) groups is 1. The van der Waals surface area contributed by atoms with Gasteiger partial charge in [0.25, 0.3) is 0 Å².